The van der Waals surface area contributed by atoms with E-state index in [-0.39, 0.29) is 11.9 Å². The van der Waals surface area contributed by atoms with Crippen LogP contribution in [0.4, 0.5) is 0 Å². The molecule has 1 heterocycles. The van der Waals surface area contributed by atoms with Crippen molar-refractivity contribution in [1.82, 2.24) is 10.6 Å². The molecule has 0 aliphatic carbocycles. The maximum Gasteiger partial charge on any atom is 0.241 e. The van der Waals surface area contributed by atoms with Crippen molar-refractivity contribution in [3.05, 3.63) is 33.4 Å². The SMILES string of the molecule is O=C1NCCNC1c1ccc(I)cc1. The highest BCUT2D eigenvalue weighted by Crippen LogP contribution is 2.16. The molecule has 1 saturated heterocycles. The molecule has 1 aromatic carbocycles. The van der Waals surface area contributed by atoms with Gasteiger partial charge in [-0.3, -0.25) is 4.79 Å². The molecule has 1 atom stereocenters. The first-order valence-electron chi connectivity index (χ1n) is 4.54. The van der Waals surface area contributed by atoms with Crippen LogP contribution >= 0.6 is 22.6 Å². The zero-order valence-corrected chi connectivity index (χ0v) is 9.74. The zero-order valence-electron chi connectivity index (χ0n) is 7.59. The lowest BCUT2D eigenvalue weighted by Gasteiger charge is -2.23. The standard InChI is InChI=1S/C10H11IN2O/c11-8-3-1-7(2-4-8)9-10(14)13-6-5-12-9/h1-4,9,12H,5-6H2,(H,13,14). The maximum absolute atomic E-state index is 11.5. The summed E-state index contributed by atoms with van der Waals surface area (Å²) in [7, 11) is 0. The van der Waals surface area contributed by atoms with Gasteiger partial charge in [0.25, 0.3) is 0 Å². The highest BCUT2D eigenvalue weighted by atomic mass is 127. The van der Waals surface area contributed by atoms with E-state index in [0.29, 0.717) is 0 Å². The largest absolute Gasteiger partial charge is 0.353 e. The number of carbonyl (C=O) groups excluding carboxylic acids is 1. The van der Waals surface area contributed by atoms with Gasteiger partial charge in [0, 0.05) is 16.7 Å². The average Bonchev–Trinajstić information content (AvgIpc) is 2.20. The van der Waals surface area contributed by atoms with Gasteiger partial charge in [0.05, 0.1) is 0 Å². The van der Waals surface area contributed by atoms with Crippen LogP contribution in [0.5, 0.6) is 0 Å². The molecular formula is C10H11IN2O. The van der Waals surface area contributed by atoms with Gasteiger partial charge in [0.1, 0.15) is 6.04 Å². The second kappa shape index (κ2) is 4.27. The number of rotatable bonds is 1. The third-order valence-corrected chi connectivity index (χ3v) is 2.96. The minimum Gasteiger partial charge on any atom is -0.353 e. The number of piperazine rings is 1. The van der Waals surface area contributed by atoms with Crippen LogP contribution in [0.3, 0.4) is 0 Å². The molecule has 1 aliphatic rings. The van der Waals surface area contributed by atoms with Gasteiger partial charge in [-0.2, -0.15) is 0 Å². The first-order chi connectivity index (χ1) is 6.77. The van der Waals surface area contributed by atoms with Crippen molar-refractivity contribution in [3.8, 4) is 0 Å². The van der Waals surface area contributed by atoms with Crippen molar-refractivity contribution in [1.29, 1.82) is 0 Å². The number of hydrogen-bond donors (Lipinski definition) is 2. The topological polar surface area (TPSA) is 41.1 Å². The van der Waals surface area contributed by atoms with Crippen molar-refractivity contribution in [2.24, 2.45) is 0 Å². The van der Waals surface area contributed by atoms with E-state index >= 15 is 0 Å². The molecule has 1 amide bonds. The van der Waals surface area contributed by atoms with Gasteiger partial charge in [-0.25, -0.2) is 0 Å². The highest BCUT2D eigenvalue weighted by molar-refractivity contribution is 14.1. The molecule has 1 fully saturated rings. The number of hydrogen-bond acceptors (Lipinski definition) is 2. The second-order valence-corrected chi connectivity index (χ2v) is 4.48. The summed E-state index contributed by atoms with van der Waals surface area (Å²) in [5.74, 6) is 0.0671. The van der Waals surface area contributed by atoms with E-state index < -0.39 is 0 Å². The van der Waals surface area contributed by atoms with Crippen LogP contribution < -0.4 is 10.6 Å². The predicted octanol–water partition coefficient (Wildman–Crippen LogP) is 1.05. The molecule has 1 unspecified atom stereocenters. The number of carbonyl (C=O) groups is 1. The third-order valence-electron chi connectivity index (χ3n) is 2.24. The van der Waals surface area contributed by atoms with E-state index in [0.717, 1.165) is 18.7 Å². The monoisotopic (exact) mass is 302 g/mol. The molecule has 2 N–H and O–H groups in total. The summed E-state index contributed by atoms with van der Waals surface area (Å²) in [6.07, 6.45) is 0. The van der Waals surface area contributed by atoms with E-state index in [1.165, 1.54) is 3.57 Å². The van der Waals surface area contributed by atoms with Crippen LogP contribution in [-0.2, 0) is 4.79 Å². The Morgan fingerprint density at radius 1 is 1.21 bits per heavy atom. The molecule has 0 spiro atoms. The van der Waals surface area contributed by atoms with Crippen LogP contribution in [0.25, 0.3) is 0 Å². The fourth-order valence-corrected chi connectivity index (χ4v) is 1.88. The third kappa shape index (κ3) is 2.06. The van der Waals surface area contributed by atoms with Crippen molar-refractivity contribution >= 4 is 28.5 Å². The van der Waals surface area contributed by atoms with Crippen LogP contribution in [-0.4, -0.2) is 19.0 Å². The molecule has 4 heteroatoms. The zero-order chi connectivity index (χ0) is 9.97. The molecular weight excluding hydrogens is 291 g/mol. The van der Waals surface area contributed by atoms with Gasteiger partial charge in [0.2, 0.25) is 5.91 Å². The fourth-order valence-electron chi connectivity index (χ4n) is 1.52. The second-order valence-electron chi connectivity index (χ2n) is 3.23. The lowest BCUT2D eigenvalue weighted by Crippen LogP contribution is -2.47. The molecule has 2 rings (SSSR count). The predicted molar refractivity (Wildman–Crippen MR) is 62.9 cm³/mol. The summed E-state index contributed by atoms with van der Waals surface area (Å²) in [6, 6.07) is 7.83. The van der Waals surface area contributed by atoms with Crippen molar-refractivity contribution in [2.75, 3.05) is 13.1 Å². The summed E-state index contributed by atoms with van der Waals surface area (Å²) in [6.45, 7) is 1.56. The van der Waals surface area contributed by atoms with Crippen molar-refractivity contribution < 1.29 is 4.79 Å². The molecule has 0 aromatic heterocycles. The van der Waals surface area contributed by atoms with Gasteiger partial charge in [-0.15, -0.1) is 0 Å². The van der Waals surface area contributed by atoms with Gasteiger partial charge in [-0.1, -0.05) is 12.1 Å². The maximum atomic E-state index is 11.5. The summed E-state index contributed by atoms with van der Waals surface area (Å²) < 4.78 is 1.18. The first-order valence-corrected chi connectivity index (χ1v) is 5.62. The molecule has 3 nitrogen and oxygen atoms in total. The minimum absolute atomic E-state index is 0.0671. The van der Waals surface area contributed by atoms with Gasteiger partial charge >= 0.3 is 0 Å². The average molecular weight is 302 g/mol. The minimum atomic E-state index is -0.180. The molecule has 1 aliphatic heterocycles. The van der Waals surface area contributed by atoms with Crippen LogP contribution in [0.1, 0.15) is 11.6 Å². The smallest absolute Gasteiger partial charge is 0.241 e. The number of amides is 1. The Kier molecular flexibility index (Phi) is 3.02. The van der Waals surface area contributed by atoms with E-state index in [4.69, 9.17) is 0 Å². The van der Waals surface area contributed by atoms with Crippen LogP contribution in [0.15, 0.2) is 24.3 Å². The lowest BCUT2D eigenvalue weighted by atomic mass is 10.1. The molecule has 0 saturated carbocycles. The van der Waals surface area contributed by atoms with E-state index in [2.05, 4.69) is 33.2 Å². The molecule has 74 valence electrons. The van der Waals surface area contributed by atoms with Crippen LogP contribution in [0.2, 0.25) is 0 Å². The highest BCUT2D eigenvalue weighted by Gasteiger charge is 2.22. The Hall–Kier alpha value is -0.620. The first kappa shape index (κ1) is 9.92. The fraction of sp³-hybridized carbons (Fsp3) is 0.300. The molecule has 0 radical (unpaired) electrons. The van der Waals surface area contributed by atoms with Crippen LogP contribution in [0, 0.1) is 3.57 Å². The normalized spacial score (nSPS) is 21.8. The Morgan fingerprint density at radius 2 is 1.93 bits per heavy atom. The Labute approximate surface area is 96.4 Å². The Bertz CT molecular complexity index is 336. The van der Waals surface area contributed by atoms with Crippen molar-refractivity contribution in [2.45, 2.75) is 6.04 Å². The summed E-state index contributed by atoms with van der Waals surface area (Å²) in [4.78, 5) is 11.5. The summed E-state index contributed by atoms with van der Waals surface area (Å²) >= 11 is 2.25. The van der Waals surface area contributed by atoms with E-state index in [1.54, 1.807) is 0 Å². The quantitative estimate of drug-likeness (QED) is 0.762. The number of nitrogens with one attached hydrogen (secondary N) is 2. The summed E-state index contributed by atoms with van der Waals surface area (Å²) in [5, 5.41) is 6.03. The van der Waals surface area contributed by atoms with Gasteiger partial charge in [-0.05, 0) is 40.3 Å². The molecule has 14 heavy (non-hydrogen) atoms. The van der Waals surface area contributed by atoms with Gasteiger partial charge in [0.15, 0.2) is 0 Å². The Balaban J connectivity index is 2.20. The molecule has 1 aromatic rings. The number of halogens is 1. The number of benzene rings is 1. The van der Waals surface area contributed by atoms with Gasteiger partial charge < -0.3 is 10.6 Å². The van der Waals surface area contributed by atoms with Crippen molar-refractivity contribution in [3.63, 3.8) is 0 Å². The molecule has 0 bridgehead atoms. The summed E-state index contributed by atoms with van der Waals surface area (Å²) in [5.41, 5.74) is 1.03. The Morgan fingerprint density at radius 3 is 2.57 bits per heavy atom. The lowest BCUT2D eigenvalue weighted by molar-refractivity contribution is -0.124. The van der Waals surface area contributed by atoms with E-state index in [9.17, 15) is 4.79 Å². The van der Waals surface area contributed by atoms with E-state index in [1.807, 2.05) is 24.3 Å².